The van der Waals surface area contributed by atoms with Crippen molar-refractivity contribution < 1.29 is 22.4 Å². The van der Waals surface area contributed by atoms with E-state index in [1.165, 1.54) is 6.07 Å². The van der Waals surface area contributed by atoms with Crippen LogP contribution >= 0.6 is 0 Å². The molecule has 20 heavy (non-hydrogen) atoms. The summed E-state index contributed by atoms with van der Waals surface area (Å²) >= 11 is 0. The number of amides is 1. The van der Waals surface area contributed by atoms with E-state index in [9.17, 15) is 22.4 Å². The van der Waals surface area contributed by atoms with E-state index in [2.05, 4.69) is 5.32 Å². The van der Waals surface area contributed by atoms with Crippen molar-refractivity contribution in [2.24, 2.45) is 0 Å². The number of carbonyl (C=O) groups is 1. The number of hydrogen-bond donors (Lipinski definition) is 2. The van der Waals surface area contributed by atoms with Crippen molar-refractivity contribution in [1.29, 1.82) is 0 Å². The normalized spacial score (nSPS) is 11.4. The highest BCUT2D eigenvalue weighted by molar-refractivity contribution is 5.77. The molecule has 0 bridgehead atoms. The maximum atomic E-state index is 13.7. The van der Waals surface area contributed by atoms with Crippen LogP contribution in [0.5, 0.6) is 0 Å². The van der Waals surface area contributed by atoms with E-state index in [1.807, 2.05) is 0 Å². The lowest BCUT2D eigenvalue weighted by atomic mass is 9.91. The molecular formula is C13H16F4N2O. The Morgan fingerprint density at radius 1 is 1.25 bits per heavy atom. The van der Waals surface area contributed by atoms with Crippen molar-refractivity contribution in [2.75, 3.05) is 25.8 Å². The lowest BCUT2D eigenvalue weighted by molar-refractivity contribution is -0.124. The van der Waals surface area contributed by atoms with Gasteiger partial charge in [0.2, 0.25) is 5.91 Å². The van der Waals surface area contributed by atoms with Gasteiger partial charge in [-0.15, -0.1) is 0 Å². The minimum atomic E-state index is -2.13. The van der Waals surface area contributed by atoms with Gasteiger partial charge in [-0.05, 0) is 24.6 Å². The van der Waals surface area contributed by atoms with E-state index in [4.69, 9.17) is 5.73 Å². The van der Waals surface area contributed by atoms with Gasteiger partial charge in [0.1, 0.15) is 24.7 Å². The second-order valence-electron chi connectivity index (χ2n) is 4.43. The predicted octanol–water partition coefficient (Wildman–Crippen LogP) is 2.41. The van der Waals surface area contributed by atoms with Crippen LogP contribution in [0.4, 0.5) is 23.2 Å². The van der Waals surface area contributed by atoms with Gasteiger partial charge < -0.3 is 11.1 Å². The molecule has 0 aliphatic rings. The van der Waals surface area contributed by atoms with Gasteiger partial charge in [-0.2, -0.15) is 0 Å². The molecule has 1 rings (SSSR count). The summed E-state index contributed by atoms with van der Waals surface area (Å²) in [6.07, 6.45) is -0.303. The van der Waals surface area contributed by atoms with Crippen LogP contribution in [0.2, 0.25) is 0 Å². The molecule has 0 saturated heterocycles. The first-order chi connectivity index (χ1) is 9.49. The van der Waals surface area contributed by atoms with E-state index >= 15 is 0 Å². The van der Waals surface area contributed by atoms with Crippen LogP contribution in [0.3, 0.4) is 0 Å². The Morgan fingerprint density at radius 2 is 1.90 bits per heavy atom. The lowest BCUT2D eigenvalue weighted by Crippen LogP contribution is -2.50. The van der Waals surface area contributed by atoms with Gasteiger partial charge in [0.05, 0.1) is 6.67 Å². The number of hydrogen-bond acceptors (Lipinski definition) is 2. The molecule has 0 unspecified atom stereocenters. The summed E-state index contributed by atoms with van der Waals surface area (Å²) in [6, 6.07) is 3.29. The number of halogens is 4. The first-order valence-electron chi connectivity index (χ1n) is 6.03. The maximum Gasteiger partial charge on any atom is 0.220 e. The van der Waals surface area contributed by atoms with Crippen molar-refractivity contribution in [3.8, 4) is 0 Å². The molecule has 0 aliphatic carbocycles. The van der Waals surface area contributed by atoms with Gasteiger partial charge in [0.15, 0.2) is 0 Å². The number of nitrogens with two attached hydrogens (primary N) is 1. The van der Waals surface area contributed by atoms with E-state index in [0.29, 0.717) is 0 Å². The topological polar surface area (TPSA) is 55.1 Å². The first-order valence-corrected chi connectivity index (χ1v) is 6.03. The van der Waals surface area contributed by atoms with Crippen molar-refractivity contribution in [3.05, 3.63) is 29.6 Å². The molecule has 0 aromatic heterocycles. The molecule has 0 saturated carbocycles. The molecule has 3 nitrogen and oxygen atoms in total. The van der Waals surface area contributed by atoms with Crippen LogP contribution in [0.1, 0.15) is 18.4 Å². The Morgan fingerprint density at radius 3 is 2.45 bits per heavy atom. The molecule has 3 N–H and O–H groups in total. The third-order valence-electron chi connectivity index (χ3n) is 2.88. The molecule has 0 aliphatic heterocycles. The summed E-state index contributed by atoms with van der Waals surface area (Å²) < 4.78 is 52.2. The molecular weight excluding hydrogens is 276 g/mol. The summed E-state index contributed by atoms with van der Waals surface area (Å²) in [7, 11) is 0. The quantitative estimate of drug-likeness (QED) is 0.599. The van der Waals surface area contributed by atoms with Gasteiger partial charge in [0.25, 0.3) is 0 Å². The molecule has 7 heteroatoms. The van der Waals surface area contributed by atoms with Gasteiger partial charge in [-0.25, -0.2) is 13.2 Å². The highest BCUT2D eigenvalue weighted by Crippen LogP contribution is 2.27. The average molecular weight is 292 g/mol. The van der Waals surface area contributed by atoms with Crippen molar-refractivity contribution >= 4 is 11.6 Å². The van der Waals surface area contributed by atoms with Crippen molar-refractivity contribution in [3.63, 3.8) is 0 Å². The SMILES string of the molecule is Nc1ccc(F)c(C(CF)(CF)NC(=O)CCCF)c1. The molecule has 112 valence electrons. The third-order valence-corrected chi connectivity index (χ3v) is 2.88. The van der Waals surface area contributed by atoms with Gasteiger partial charge in [0, 0.05) is 17.7 Å². The van der Waals surface area contributed by atoms with E-state index in [-0.39, 0.29) is 24.1 Å². The minimum Gasteiger partial charge on any atom is -0.399 e. The zero-order chi connectivity index (χ0) is 15.2. The van der Waals surface area contributed by atoms with E-state index in [1.54, 1.807) is 0 Å². The van der Waals surface area contributed by atoms with Crippen LogP contribution in [-0.2, 0) is 10.3 Å². The fraction of sp³-hybridized carbons (Fsp3) is 0.462. The molecule has 0 spiro atoms. The second kappa shape index (κ2) is 7.12. The van der Waals surface area contributed by atoms with E-state index < -0.39 is 37.3 Å². The predicted molar refractivity (Wildman–Crippen MR) is 67.8 cm³/mol. The average Bonchev–Trinajstić information content (AvgIpc) is 2.45. The number of anilines is 1. The number of rotatable bonds is 7. The smallest absolute Gasteiger partial charge is 0.220 e. The Hall–Kier alpha value is -1.79. The highest BCUT2D eigenvalue weighted by atomic mass is 19.1. The molecule has 1 aromatic rings. The molecule has 0 atom stereocenters. The molecule has 0 fully saturated rings. The van der Waals surface area contributed by atoms with Crippen LogP contribution in [-0.4, -0.2) is 25.9 Å². The molecule has 0 radical (unpaired) electrons. The number of nitrogen functional groups attached to an aromatic ring is 1. The van der Waals surface area contributed by atoms with Gasteiger partial charge >= 0.3 is 0 Å². The molecule has 0 heterocycles. The first kappa shape index (κ1) is 16.3. The lowest BCUT2D eigenvalue weighted by Gasteiger charge is -2.30. The van der Waals surface area contributed by atoms with Crippen LogP contribution in [0.25, 0.3) is 0 Å². The number of alkyl halides is 3. The van der Waals surface area contributed by atoms with Gasteiger partial charge in [-0.3, -0.25) is 9.18 Å². The standard InChI is InChI=1S/C13H16F4N2O/c14-5-1-2-12(20)19-13(7-15,8-16)10-6-9(18)3-4-11(10)17/h3-4,6H,1-2,5,7-8,18H2,(H,19,20). The van der Waals surface area contributed by atoms with Gasteiger partial charge in [-0.1, -0.05) is 0 Å². The zero-order valence-electron chi connectivity index (χ0n) is 10.8. The number of carbonyl (C=O) groups excluding carboxylic acids is 1. The van der Waals surface area contributed by atoms with E-state index in [0.717, 1.165) is 12.1 Å². The maximum absolute atomic E-state index is 13.7. The Balaban J connectivity index is 3.07. The van der Waals surface area contributed by atoms with Crippen molar-refractivity contribution in [2.45, 2.75) is 18.4 Å². The number of nitrogens with one attached hydrogen (secondary N) is 1. The molecule has 1 aromatic carbocycles. The van der Waals surface area contributed by atoms with Crippen molar-refractivity contribution in [1.82, 2.24) is 5.32 Å². The summed E-state index contributed by atoms with van der Waals surface area (Å²) in [5, 5.41) is 2.10. The Kier molecular flexibility index (Phi) is 5.79. The number of benzene rings is 1. The summed E-state index contributed by atoms with van der Waals surface area (Å²) in [6.45, 7) is -3.41. The highest BCUT2D eigenvalue weighted by Gasteiger charge is 2.37. The fourth-order valence-corrected chi connectivity index (χ4v) is 1.78. The summed E-state index contributed by atoms with van der Waals surface area (Å²) in [4.78, 5) is 11.5. The zero-order valence-corrected chi connectivity index (χ0v) is 10.8. The molecule has 1 amide bonds. The summed E-state index contributed by atoms with van der Waals surface area (Å²) in [5.74, 6) is -1.62. The van der Waals surface area contributed by atoms with Crippen LogP contribution in [0, 0.1) is 5.82 Å². The second-order valence-corrected chi connectivity index (χ2v) is 4.43. The fourth-order valence-electron chi connectivity index (χ4n) is 1.78. The Bertz CT molecular complexity index is 464. The third kappa shape index (κ3) is 3.61. The minimum absolute atomic E-state index is 0.0695. The Labute approximate surface area is 114 Å². The monoisotopic (exact) mass is 292 g/mol. The largest absolute Gasteiger partial charge is 0.399 e. The van der Waals surface area contributed by atoms with Crippen LogP contribution in [0.15, 0.2) is 18.2 Å². The summed E-state index contributed by atoms with van der Waals surface area (Å²) in [5.41, 5.74) is 3.09. The van der Waals surface area contributed by atoms with Crippen LogP contribution < -0.4 is 11.1 Å².